The molecule has 0 atom stereocenters. The van der Waals surface area contributed by atoms with Gasteiger partial charge in [0, 0.05) is 17.8 Å². The number of anilines is 2. The fourth-order valence-electron chi connectivity index (χ4n) is 2.58. The number of hydrogen-bond donors (Lipinski definition) is 2. The van der Waals surface area contributed by atoms with E-state index >= 15 is 0 Å². The van der Waals surface area contributed by atoms with Crippen LogP contribution in [-0.2, 0) is 10.0 Å². The lowest BCUT2D eigenvalue weighted by Gasteiger charge is -2.09. The fourth-order valence-corrected chi connectivity index (χ4v) is 3.66. The van der Waals surface area contributed by atoms with Gasteiger partial charge in [-0.3, -0.25) is 30.4 Å². The summed E-state index contributed by atoms with van der Waals surface area (Å²) in [5.41, 5.74) is 2.12. The molecule has 12 heteroatoms. The van der Waals surface area contributed by atoms with Crippen molar-refractivity contribution in [2.75, 3.05) is 10.1 Å². The molecular formula is C19H15N5O6S. The maximum atomic E-state index is 12.5. The smallest absolute Gasteiger partial charge is 0.280 e. The number of nitro groups is 2. The van der Waals surface area contributed by atoms with Gasteiger partial charge in [-0.2, -0.15) is 5.10 Å². The number of nitrogens with one attached hydrogen (secondary N) is 2. The van der Waals surface area contributed by atoms with Crippen LogP contribution in [0.1, 0.15) is 5.56 Å². The summed E-state index contributed by atoms with van der Waals surface area (Å²) in [4.78, 5) is 20.8. The van der Waals surface area contributed by atoms with E-state index in [0.717, 1.165) is 12.3 Å². The third kappa shape index (κ3) is 5.19. The SMILES string of the molecule is O=[N+]([O-])c1ccccc1/C=N/Nc1ccc(S(=O)(=O)Nc2ccccc2)cc1[N+](=O)[O-]. The molecule has 0 saturated carbocycles. The minimum Gasteiger partial charge on any atom is -0.280 e. The molecule has 0 spiro atoms. The molecule has 31 heavy (non-hydrogen) atoms. The molecule has 0 aliphatic carbocycles. The third-order valence-corrected chi connectivity index (χ3v) is 5.40. The van der Waals surface area contributed by atoms with Crippen molar-refractivity contribution in [3.63, 3.8) is 0 Å². The van der Waals surface area contributed by atoms with E-state index in [1.165, 1.54) is 30.3 Å². The van der Waals surface area contributed by atoms with Gasteiger partial charge in [0.15, 0.2) is 0 Å². The van der Waals surface area contributed by atoms with Crippen LogP contribution in [0.25, 0.3) is 0 Å². The van der Waals surface area contributed by atoms with Gasteiger partial charge in [0.05, 0.1) is 26.5 Å². The average molecular weight is 441 g/mol. The number of hydrazone groups is 1. The molecule has 0 bridgehead atoms. The summed E-state index contributed by atoms with van der Waals surface area (Å²) in [7, 11) is -4.06. The van der Waals surface area contributed by atoms with Gasteiger partial charge in [0.2, 0.25) is 0 Å². The van der Waals surface area contributed by atoms with Crippen LogP contribution in [0.5, 0.6) is 0 Å². The van der Waals surface area contributed by atoms with Gasteiger partial charge in [0.1, 0.15) is 5.69 Å². The molecule has 0 heterocycles. The average Bonchev–Trinajstić information content (AvgIpc) is 2.74. The van der Waals surface area contributed by atoms with Crippen LogP contribution in [0.4, 0.5) is 22.7 Å². The predicted molar refractivity (Wildman–Crippen MR) is 115 cm³/mol. The zero-order chi connectivity index (χ0) is 22.4. The Labute approximate surface area is 176 Å². The summed E-state index contributed by atoms with van der Waals surface area (Å²) >= 11 is 0. The van der Waals surface area contributed by atoms with Crippen LogP contribution in [0.15, 0.2) is 82.8 Å². The highest BCUT2D eigenvalue weighted by Gasteiger charge is 2.21. The van der Waals surface area contributed by atoms with E-state index in [0.29, 0.717) is 5.69 Å². The fraction of sp³-hybridized carbons (Fsp3) is 0. The van der Waals surface area contributed by atoms with Gasteiger partial charge < -0.3 is 0 Å². The first-order valence-corrected chi connectivity index (χ1v) is 10.1. The van der Waals surface area contributed by atoms with E-state index in [-0.39, 0.29) is 21.8 Å². The molecule has 158 valence electrons. The van der Waals surface area contributed by atoms with E-state index in [2.05, 4.69) is 15.2 Å². The van der Waals surface area contributed by atoms with Crippen LogP contribution in [-0.4, -0.2) is 24.5 Å². The molecule has 3 aromatic rings. The molecule has 0 aliphatic heterocycles. The standard InChI is InChI=1S/C19H15N5O6S/c25-23(26)18-9-5-4-6-14(18)13-20-21-17-11-10-16(12-19(17)24(27)28)31(29,30)22-15-7-2-1-3-8-15/h1-13,21-22H/b20-13+. The van der Waals surface area contributed by atoms with Crippen molar-refractivity contribution < 1.29 is 18.3 Å². The topological polar surface area (TPSA) is 157 Å². The van der Waals surface area contributed by atoms with E-state index in [1.54, 1.807) is 36.4 Å². The van der Waals surface area contributed by atoms with E-state index < -0.39 is 25.6 Å². The molecule has 0 saturated heterocycles. The molecule has 0 amide bonds. The molecule has 0 radical (unpaired) electrons. The Hall–Kier alpha value is -4.32. The quantitative estimate of drug-likeness (QED) is 0.306. The lowest BCUT2D eigenvalue weighted by Crippen LogP contribution is -2.13. The van der Waals surface area contributed by atoms with Crippen molar-refractivity contribution in [3.05, 3.63) is 98.6 Å². The number of rotatable bonds is 8. The number of para-hydroxylation sites is 2. The molecule has 3 rings (SSSR count). The molecule has 0 aliphatic rings. The first-order valence-electron chi connectivity index (χ1n) is 8.67. The molecule has 0 fully saturated rings. The minimum atomic E-state index is -4.06. The lowest BCUT2D eigenvalue weighted by atomic mass is 10.2. The maximum Gasteiger partial charge on any atom is 0.295 e. The van der Waals surface area contributed by atoms with Gasteiger partial charge in [0.25, 0.3) is 21.4 Å². The molecule has 0 unspecified atom stereocenters. The van der Waals surface area contributed by atoms with Crippen LogP contribution >= 0.6 is 0 Å². The largest absolute Gasteiger partial charge is 0.295 e. The van der Waals surface area contributed by atoms with Gasteiger partial charge in [-0.05, 0) is 30.3 Å². The highest BCUT2D eigenvalue weighted by molar-refractivity contribution is 7.92. The minimum absolute atomic E-state index is 0.0847. The van der Waals surface area contributed by atoms with E-state index in [9.17, 15) is 28.6 Å². The normalized spacial score (nSPS) is 11.2. The van der Waals surface area contributed by atoms with Gasteiger partial charge in [-0.25, -0.2) is 8.42 Å². The number of hydrogen-bond acceptors (Lipinski definition) is 8. The highest BCUT2D eigenvalue weighted by Crippen LogP contribution is 2.28. The summed E-state index contributed by atoms with van der Waals surface area (Å²) in [6, 6.07) is 17.2. The van der Waals surface area contributed by atoms with Crippen molar-refractivity contribution in [2.45, 2.75) is 4.90 Å². The number of nitro benzene ring substituents is 2. The molecule has 11 nitrogen and oxygen atoms in total. The second-order valence-electron chi connectivity index (χ2n) is 6.09. The first kappa shape index (κ1) is 21.4. The van der Waals surface area contributed by atoms with E-state index in [1.807, 2.05) is 0 Å². The van der Waals surface area contributed by atoms with Crippen molar-refractivity contribution in [1.29, 1.82) is 0 Å². The van der Waals surface area contributed by atoms with Crippen molar-refractivity contribution in [1.82, 2.24) is 0 Å². The summed E-state index contributed by atoms with van der Waals surface area (Å²) in [5.74, 6) is 0. The summed E-state index contributed by atoms with van der Waals surface area (Å²) < 4.78 is 27.4. The van der Waals surface area contributed by atoms with Crippen LogP contribution in [0.2, 0.25) is 0 Å². The molecule has 3 aromatic carbocycles. The van der Waals surface area contributed by atoms with Crippen molar-refractivity contribution in [2.24, 2.45) is 5.10 Å². The van der Waals surface area contributed by atoms with E-state index in [4.69, 9.17) is 0 Å². The van der Waals surface area contributed by atoms with Gasteiger partial charge in [-0.1, -0.05) is 30.3 Å². The zero-order valence-corrected chi connectivity index (χ0v) is 16.5. The van der Waals surface area contributed by atoms with Gasteiger partial charge in [-0.15, -0.1) is 0 Å². The summed E-state index contributed by atoms with van der Waals surface area (Å²) in [5, 5.41) is 26.3. The van der Waals surface area contributed by atoms with Crippen LogP contribution < -0.4 is 10.1 Å². The number of benzene rings is 3. The van der Waals surface area contributed by atoms with Gasteiger partial charge >= 0.3 is 0 Å². The number of nitrogens with zero attached hydrogens (tertiary/aromatic N) is 3. The molecule has 2 N–H and O–H groups in total. The summed E-state index contributed by atoms with van der Waals surface area (Å²) in [6.45, 7) is 0. The molecular weight excluding hydrogens is 426 g/mol. The van der Waals surface area contributed by atoms with Crippen LogP contribution in [0.3, 0.4) is 0 Å². The highest BCUT2D eigenvalue weighted by atomic mass is 32.2. The Kier molecular flexibility index (Phi) is 6.21. The predicted octanol–water partition coefficient (Wildman–Crippen LogP) is 3.75. The Balaban J connectivity index is 1.86. The number of sulfonamides is 1. The Morgan fingerprint density at radius 3 is 2.16 bits per heavy atom. The Morgan fingerprint density at radius 1 is 0.839 bits per heavy atom. The van der Waals surface area contributed by atoms with Crippen LogP contribution in [0, 0.1) is 20.2 Å². The van der Waals surface area contributed by atoms with Crippen molar-refractivity contribution in [3.8, 4) is 0 Å². The maximum absolute atomic E-state index is 12.5. The first-order chi connectivity index (χ1) is 14.8. The second-order valence-corrected chi connectivity index (χ2v) is 7.78. The zero-order valence-electron chi connectivity index (χ0n) is 15.7. The Bertz CT molecular complexity index is 1260. The third-order valence-electron chi connectivity index (χ3n) is 4.02. The Morgan fingerprint density at radius 2 is 1.48 bits per heavy atom. The molecule has 0 aromatic heterocycles. The lowest BCUT2D eigenvalue weighted by molar-refractivity contribution is -0.385. The second kappa shape index (κ2) is 9.00. The monoisotopic (exact) mass is 441 g/mol. The van der Waals surface area contributed by atoms with Crippen molar-refractivity contribution >= 4 is 39.0 Å². The summed E-state index contributed by atoms with van der Waals surface area (Å²) in [6.07, 6.45) is 1.14.